The van der Waals surface area contributed by atoms with Gasteiger partial charge in [0.05, 0.1) is 12.0 Å². The predicted octanol–water partition coefficient (Wildman–Crippen LogP) is -0.132. The largest absolute Gasteiger partial charge is 0.370 e. The molecular formula is C9H16N4O. The van der Waals surface area contributed by atoms with E-state index in [9.17, 15) is 4.79 Å². The number of hydrogen-bond acceptors (Lipinski definition) is 3. The van der Waals surface area contributed by atoms with Crippen LogP contribution in [0.2, 0.25) is 0 Å². The molecule has 78 valence electrons. The molecule has 1 amide bonds. The minimum Gasteiger partial charge on any atom is -0.370 e. The summed E-state index contributed by atoms with van der Waals surface area (Å²) in [6.07, 6.45) is 3.99. The van der Waals surface area contributed by atoms with E-state index in [0.717, 1.165) is 18.8 Å². The molecular weight excluding hydrogens is 180 g/mol. The van der Waals surface area contributed by atoms with E-state index in [0.29, 0.717) is 13.0 Å². The quantitative estimate of drug-likeness (QED) is 0.622. The highest BCUT2D eigenvalue weighted by Crippen LogP contribution is 1.97. The molecule has 0 saturated heterocycles. The van der Waals surface area contributed by atoms with Gasteiger partial charge in [-0.2, -0.15) is 0 Å². The van der Waals surface area contributed by atoms with E-state index in [1.165, 1.54) is 0 Å². The number of hydrogen-bond donors (Lipinski definition) is 2. The highest BCUT2D eigenvalue weighted by atomic mass is 16.1. The molecule has 0 saturated carbocycles. The second kappa shape index (κ2) is 5.39. The van der Waals surface area contributed by atoms with Gasteiger partial charge in [0.2, 0.25) is 5.91 Å². The lowest BCUT2D eigenvalue weighted by molar-refractivity contribution is -0.117. The maximum Gasteiger partial charge on any atom is 0.218 e. The summed E-state index contributed by atoms with van der Waals surface area (Å²) in [5.74, 6) is -0.276. The molecule has 1 rings (SSSR count). The topological polar surface area (TPSA) is 72.9 Å². The third-order valence-corrected chi connectivity index (χ3v) is 1.99. The smallest absolute Gasteiger partial charge is 0.218 e. The average Bonchev–Trinajstić information content (AvgIpc) is 2.59. The van der Waals surface area contributed by atoms with Crippen LogP contribution in [0, 0.1) is 0 Å². The van der Waals surface area contributed by atoms with Gasteiger partial charge < -0.3 is 15.6 Å². The number of rotatable bonds is 6. The van der Waals surface area contributed by atoms with Gasteiger partial charge in [0.25, 0.3) is 0 Å². The van der Waals surface area contributed by atoms with Crippen LogP contribution in [-0.4, -0.2) is 22.0 Å². The lowest BCUT2D eigenvalue weighted by atomic mass is 10.4. The summed E-state index contributed by atoms with van der Waals surface area (Å²) in [5, 5.41) is 3.13. The van der Waals surface area contributed by atoms with Crippen molar-refractivity contribution in [3.05, 3.63) is 18.2 Å². The normalized spacial score (nSPS) is 10.4. The van der Waals surface area contributed by atoms with Gasteiger partial charge in [-0.25, -0.2) is 4.98 Å². The third kappa shape index (κ3) is 3.18. The molecule has 0 fully saturated rings. The molecule has 1 aromatic rings. The first-order valence-electron chi connectivity index (χ1n) is 4.72. The van der Waals surface area contributed by atoms with Crippen molar-refractivity contribution in [2.24, 2.45) is 5.73 Å². The molecule has 5 nitrogen and oxygen atoms in total. The summed E-state index contributed by atoms with van der Waals surface area (Å²) >= 11 is 0. The Hall–Kier alpha value is -1.36. The van der Waals surface area contributed by atoms with Gasteiger partial charge in [-0.05, 0) is 6.92 Å². The summed E-state index contributed by atoms with van der Waals surface area (Å²) in [6.45, 7) is 4.31. The van der Waals surface area contributed by atoms with Crippen molar-refractivity contribution in [3.8, 4) is 0 Å². The van der Waals surface area contributed by atoms with Gasteiger partial charge in [0.15, 0.2) is 0 Å². The van der Waals surface area contributed by atoms with E-state index in [1.807, 2.05) is 6.20 Å². The Bertz CT molecular complexity index is 295. The molecule has 0 atom stereocenters. The highest BCUT2D eigenvalue weighted by molar-refractivity contribution is 5.73. The summed E-state index contributed by atoms with van der Waals surface area (Å²) in [4.78, 5) is 14.5. The van der Waals surface area contributed by atoms with Gasteiger partial charge >= 0.3 is 0 Å². The summed E-state index contributed by atoms with van der Waals surface area (Å²) in [6, 6.07) is 0. The first-order chi connectivity index (χ1) is 6.74. The van der Waals surface area contributed by atoms with E-state index in [1.54, 1.807) is 6.33 Å². The van der Waals surface area contributed by atoms with Crippen LogP contribution >= 0.6 is 0 Å². The molecule has 14 heavy (non-hydrogen) atoms. The fourth-order valence-electron chi connectivity index (χ4n) is 1.21. The third-order valence-electron chi connectivity index (χ3n) is 1.99. The minimum absolute atomic E-state index is 0.276. The fraction of sp³-hybridized carbons (Fsp3) is 0.556. The maximum absolute atomic E-state index is 10.4. The lowest BCUT2D eigenvalue weighted by Crippen LogP contribution is -2.22. The van der Waals surface area contributed by atoms with Crippen LogP contribution in [0.15, 0.2) is 12.5 Å². The SMILES string of the molecule is CCn1cncc1CNCCC(N)=O. The van der Waals surface area contributed by atoms with Gasteiger partial charge in [-0.1, -0.05) is 0 Å². The molecule has 0 aliphatic heterocycles. The number of amides is 1. The van der Waals surface area contributed by atoms with Crippen LogP contribution in [0.1, 0.15) is 19.0 Å². The zero-order valence-corrected chi connectivity index (χ0v) is 8.36. The summed E-state index contributed by atoms with van der Waals surface area (Å²) < 4.78 is 2.05. The van der Waals surface area contributed by atoms with Crippen LogP contribution in [0.4, 0.5) is 0 Å². The van der Waals surface area contributed by atoms with Crippen LogP contribution in [-0.2, 0) is 17.9 Å². The predicted molar refractivity (Wildman–Crippen MR) is 53.4 cm³/mol. The van der Waals surface area contributed by atoms with Crippen LogP contribution in [0.25, 0.3) is 0 Å². The second-order valence-corrected chi connectivity index (χ2v) is 3.06. The van der Waals surface area contributed by atoms with Crippen molar-refractivity contribution < 1.29 is 4.79 Å². The number of carbonyl (C=O) groups is 1. The molecule has 0 radical (unpaired) electrons. The Morgan fingerprint density at radius 2 is 2.50 bits per heavy atom. The number of nitrogens with zero attached hydrogens (tertiary/aromatic N) is 2. The molecule has 0 aliphatic rings. The number of primary amides is 1. The van der Waals surface area contributed by atoms with Crippen molar-refractivity contribution in [2.75, 3.05) is 6.54 Å². The van der Waals surface area contributed by atoms with Crippen LogP contribution in [0.3, 0.4) is 0 Å². The first kappa shape index (κ1) is 10.7. The molecule has 0 aliphatic carbocycles. The maximum atomic E-state index is 10.4. The summed E-state index contributed by atoms with van der Waals surface area (Å²) in [5.41, 5.74) is 6.13. The van der Waals surface area contributed by atoms with E-state index >= 15 is 0 Å². The zero-order valence-electron chi connectivity index (χ0n) is 8.36. The number of nitrogens with two attached hydrogens (primary N) is 1. The van der Waals surface area contributed by atoms with E-state index in [2.05, 4.69) is 21.8 Å². The molecule has 1 heterocycles. The Morgan fingerprint density at radius 1 is 1.71 bits per heavy atom. The van der Waals surface area contributed by atoms with Gasteiger partial charge in [-0.15, -0.1) is 0 Å². The van der Waals surface area contributed by atoms with Crippen molar-refractivity contribution in [3.63, 3.8) is 0 Å². The van der Waals surface area contributed by atoms with Crippen molar-refractivity contribution in [1.82, 2.24) is 14.9 Å². The minimum atomic E-state index is -0.276. The van der Waals surface area contributed by atoms with Gasteiger partial charge in [-0.3, -0.25) is 4.79 Å². The molecule has 3 N–H and O–H groups in total. The Morgan fingerprint density at radius 3 is 3.14 bits per heavy atom. The van der Waals surface area contributed by atoms with E-state index in [-0.39, 0.29) is 5.91 Å². The molecule has 0 bridgehead atoms. The molecule has 0 aromatic carbocycles. The molecule has 0 spiro atoms. The van der Waals surface area contributed by atoms with Crippen LogP contribution in [0.5, 0.6) is 0 Å². The van der Waals surface area contributed by atoms with Gasteiger partial charge in [0.1, 0.15) is 0 Å². The van der Waals surface area contributed by atoms with Crippen molar-refractivity contribution in [2.45, 2.75) is 26.4 Å². The second-order valence-electron chi connectivity index (χ2n) is 3.06. The molecule has 5 heteroatoms. The molecule has 0 unspecified atom stereocenters. The van der Waals surface area contributed by atoms with Crippen molar-refractivity contribution in [1.29, 1.82) is 0 Å². The zero-order chi connectivity index (χ0) is 10.4. The monoisotopic (exact) mass is 196 g/mol. The van der Waals surface area contributed by atoms with E-state index in [4.69, 9.17) is 5.73 Å². The summed E-state index contributed by atoms with van der Waals surface area (Å²) in [7, 11) is 0. The Kier molecular flexibility index (Phi) is 4.12. The Labute approximate surface area is 83.3 Å². The number of imidazole rings is 1. The van der Waals surface area contributed by atoms with Gasteiger partial charge in [0, 0.05) is 32.3 Å². The first-order valence-corrected chi connectivity index (χ1v) is 4.72. The molecule has 1 aromatic heterocycles. The number of aryl methyl sites for hydroxylation is 1. The standard InChI is InChI=1S/C9H16N4O/c1-2-13-7-12-6-8(13)5-11-4-3-9(10)14/h6-7,11H,2-5H2,1H3,(H2,10,14). The van der Waals surface area contributed by atoms with E-state index < -0.39 is 0 Å². The number of nitrogens with one attached hydrogen (secondary N) is 1. The highest BCUT2D eigenvalue weighted by Gasteiger charge is 1.99. The lowest BCUT2D eigenvalue weighted by Gasteiger charge is -2.05. The number of aromatic nitrogens is 2. The van der Waals surface area contributed by atoms with Crippen LogP contribution < -0.4 is 11.1 Å². The van der Waals surface area contributed by atoms with Crippen molar-refractivity contribution >= 4 is 5.91 Å². The number of carbonyl (C=O) groups excluding carboxylic acids is 1. The fourth-order valence-corrected chi connectivity index (χ4v) is 1.21. The Balaban J connectivity index is 2.27. The average molecular weight is 196 g/mol.